The van der Waals surface area contributed by atoms with Crippen molar-refractivity contribution in [1.82, 2.24) is 0 Å². The molecule has 0 aromatic heterocycles. The Morgan fingerprint density at radius 1 is 1.05 bits per heavy atom. The first-order valence-electron chi connectivity index (χ1n) is 11.1. The summed E-state index contributed by atoms with van der Waals surface area (Å²) in [7, 11) is 2.71. The van der Waals surface area contributed by atoms with E-state index in [2.05, 4.69) is 10.1 Å². The molecule has 0 bridgehead atoms. The fraction of sp³-hybridized carbons (Fsp3) is 0.308. The molecule has 0 atom stereocenters. The lowest BCUT2D eigenvalue weighted by molar-refractivity contribution is -0.108. The van der Waals surface area contributed by atoms with Gasteiger partial charge >= 0.3 is 12.1 Å². The van der Waals surface area contributed by atoms with Crippen LogP contribution in [0, 0.1) is 11.2 Å². The smallest absolute Gasteiger partial charge is 0.412 e. The third-order valence-corrected chi connectivity index (χ3v) is 4.69. The van der Waals surface area contributed by atoms with Crippen molar-refractivity contribution in [2.75, 3.05) is 32.8 Å². The van der Waals surface area contributed by atoms with Crippen molar-refractivity contribution in [3.05, 3.63) is 65.0 Å². The van der Waals surface area contributed by atoms with Gasteiger partial charge in [0.05, 0.1) is 25.0 Å². The van der Waals surface area contributed by atoms with Crippen LogP contribution in [0.15, 0.2) is 42.5 Å². The summed E-state index contributed by atoms with van der Waals surface area (Å²) in [6.07, 6.45) is 0.123. The first-order valence-corrected chi connectivity index (χ1v) is 11.1. The van der Waals surface area contributed by atoms with Crippen LogP contribution in [0.1, 0.15) is 42.3 Å². The van der Waals surface area contributed by atoms with Crippen LogP contribution in [0.5, 0.6) is 5.75 Å². The van der Waals surface area contributed by atoms with Gasteiger partial charge in [-0.15, -0.1) is 0 Å². The molecule has 0 fully saturated rings. The number of allylic oxidation sites excluding steroid dienone is 1. The normalized spacial score (nSPS) is 11.5. The van der Waals surface area contributed by atoms with Gasteiger partial charge in [0.15, 0.2) is 11.6 Å². The van der Waals surface area contributed by atoms with Crippen molar-refractivity contribution in [2.24, 2.45) is 5.73 Å². The number of nitrogens with two attached hydrogens (primary N) is 1. The second kappa shape index (κ2) is 12.6. The number of amides is 1. The maximum Gasteiger partial charge on any atom is 0.412 e. The highest BCUT2D eigenvalue weighted by Crippen LogP contribution is 2.28. The Balaban J connectivity index is 2.37. The number of esters is 1. The number of carbonyl (C=O) groups is 3. The van der Waals surface area contributed by atoms with Crippen molar-refractivity contribution < 1.29 is 37.7 Å². The van der Waals surface area contributed by atoms with Crippen molar-refractivity contribution in [3.8, 4) is 5.75 Å². The summed E-state index contributed by atoms with van der Waals surface area (Å²) in [4.78, 5) is 36.8. The van der Waals surface area contributed by atoms with E-state index in [0.717, 1.165) is 18.2 Å². The summed E-state index contributed by atoms with van der Waals surface area (Å²) in [5.74, 6) is -2.45. The number of methoxy groups -OCH3 is 2. The summed E-state index contributed by atoms with van der Waals surface area (Å²) in [6, 6.07) is 8.03. The van der Waals surface area contributed by atoms with Gasteiger partial charge in [-0.1, -0.05) is 12.1 Å². The highest BCUT2D eigenvalue weighted by Gasteiger charge is 2.23. The zero-order valence-electron chi connectivity index (χ0n) is 21.3. The largest absolute Gasteiger partial charge is 0.488 e. The van der Waals surface area contributed by atoms with Crippen molar-refractivity contribution in [2.45, 2.75) is 26.4 Å². The van der Waals surface area contributed by atoms with Gasteiger partial charge in [-0.05, 0) is 44.5 Å². The molecular weight excluding hydrogens is 485 g/mol. The predicted octanol–water partition coefficient (Wildman–Crippen LogP) is 3.92. The minimum Gasteiger partial charge on any atom is -0.488 e. The van der Waals surface area contributed by atoms with Crippen LogP contribution in [0.3, 0.4) is 0 Å². The molecule has 2 rings (SSSR count). The molecule has 4 N–H and O–H groups in total. The quantitative estimate of drug-likeness (QED) is 0.186. The fourth-order valence-electron chi connectivity index (χ4n) is 2.97. The molecule has 0 aliphatic heterocycles. The number of carbonyl (C=O) groups excluding carboxylic acids is 3. The average molecular weight is 516 g/mol. The van der Waals surface area contributed by atoms with E-state index in [1.54, 1.807) is 20.8 Å². The first-order chi connectivity index (χ1) is 17.4. The van der Waals surface area contributed by atoms with Gasteiger partial charge in [0.2, 0.25) is 5.78 Å². The van der Waals surface area contributed by atoms with Crippen LogP contribution in [-0.2, 0) is 19.0 Å². The molecular formula is C26H30FN3O7. The van der Waals surface area contributed by atoms with Gasteiger partial charge in [-0.2, -0.15) is 0 Å². The highest BCUT2D eigenvalue weighted by molar-refractivity contribution is 6.50. The number of benzene rings is 2. The topological polar surface area (TPSA) is 150 Å². The van der Waals surface area contributed by atoms with Crippen molar-refractivity contribution in [3.63, 3.8) is 0 Å². The maximum absolute atomic E-state index is 14.8. The fourth-order valence-corrected chi connectivity index (χ4v) is 2.97. The van der Waals surface area contributed by atoms with Crippen LogP contribution in [0.4, 0.5) is 14.9 Å². The van der Waals surface area contributed by atoms with E-state index >= 15 is 0 Å². The van der Waals surface area contributed by atoms with Crippen LogP contribution in [-0.4, -0.2) is 56.6 Å². The molecule has 0 spiro atoms. The zero-order valence-corrected chi connectivity index (χ0v) is 21.3. The molecule has 0 saturated carbocycles. The molecule has 10 nitrogen and oxygen atoms in total. The summed E-state index contributed by atoms with van der Waals surface area (Å²) in [5, 5.41) is 10.8. The van der Waals surface area contributed by atoms with E-state index in [-0.39, 0.29) is 35.9 Å². The SMILES string of the molecule is COCCOc1cc(NC(=O)OC(C)(C)C)c(C(=N)C(=O)C=C(N)c2ccc(C(=O)OC)cc2)cc1F. The molecule has 0 heterocycles. The van der Waals surface area contributed by atoms with E-state index < -0.39 is 35.0 Å². The standard InChI is InChI=1S/C26H30FN3O7/c1-26(2,3)37-25(33)30-20-14-22(36-11-10-34-4)18(27)12-17(20)23(29)21(31)13-19(28)15-6-8-16(9-7-15)24(32)35-5/h6-9,12-14,29H,10-11,28H2,1-5H3,(H,30,33). The second-order valence-electron chi connectivity index (χ2n) is 8.70. The van der Waals surface area contributed by atoms with Crippen molar-refractivity contribution in [1.29, 1.82) is 5.41 Å². The lowest BCUT2D eigenvalue weighted by Crippen LogP contribution is -2.28. The Hall–Kier alpha value is -4.25. The Morgan fingerprint density at radius 2 is 1.68 bits per heavy atom. The lowest BCUT2D eigenvalue weighted by atomic mass is 10.0. The number of nitrogens with one attached hydrogen (secondary N) is 2. The molecule has 1 amide bonds. The monoisotopic (exact) mass is 515 g/mol. The van der Waals surface area contributed by atoms with Crippen LogP contribution in [0.25, 0.3) is 5.70 Å². The molecule has 37 heavy (non-hydrogen) atoms. The molecule has 198 valence electrons. The van der Waals surface area contributed by atoms with Gasteiger partial charge in [-0.3, -0.25) is 15.5 Å². The Labute approximate surface area is 214 Å². The van der Waals surface area contributed by atoms with E-state index in [9.17, 15) is 18.8 Å². The number of ether oxygens (including phenoxy) is 4. The minimum atomic E-state index is -0.871. The predicted molar refractivity (Wildman–Crippen MR) is 135 cm³/mol. The summed E-state index contributed by atoms with van der Waals surface area (Å²) in [6.45, 7) is 5.20. The zero-order chi connectivity index (χ0) is 27.8. The highest BCUT2D eigenvalue weighted by atomic mass is 19.1. The first kappa shape index (κ1) is 29.0. The number of hydrogen-bond acceptors (Lipinski definition) is 9. The third kappa shape index (κ3) is 8.43. The van der Waals surface area contributed by atoms with Gasteiger partial charge < -0.3 is 24.7 Å². The summed E-state index contributed by atoms with van der Waals surface area (Å²) < 4.78 is 34.9. The molecule has 0 aliphatic carbocycles. The van der Waals surface area contributed by atoms with Gasteiger partial charge in [-0.25, -0.2) is 14.0 Å². The second-order valence-corrected chi connectivity index (χ2v) is 8.70. The number of hydrogen-bond donors (Lipinski definition) is 3. The average Bonchev–Trinajstić information content (AvgIpc) is 2.83. The third-order valence-electron chi connectivity index (χ3n) is 4.69. The molecule has 0 unspecified atom stereocenters. The van der Waals surface area contributed by atoms with E-state index in [1.807, 2.05) is 0 Å². The minimum absolute atomic E-state index is 0.00723. The molecule has 0 radical (unpaired) electrons. The molecule has 2 aromatic carbocycles. The van der Waals surface area contributed by atoms with Gasteiger partial charge in [0, 0.05) is 30.5 Å². The molecule has 0 saturated heterocycles. The maximum atomic E-state index is 14.8. The Kier molecular flexibility index (Phi) is 9.90. The number of ketones is 1. The van der Waals surface area contributed by atoms with Crippen LogP contribution < -0.4 is 15.8 Å². The Bertz CT molecular complexity index is 1200. The van der Waals surface area contributed by atoms with E-state index in [4.69, 9.17) is 25.4 Å². The van der Waals surface area contributed by atoms with Crippen molar-refractivity contribution >= 4 is 34.9 Å². The summed E-state index contributed by atoms with van der Waals surface area (Å²) >= 11 is 0. The van der Waals surface area contributed by atoms with E-state index in [1.165, 1.54) is 38.5 Å². The summed E-state index contributed by atoms with van der Waals surface area (Å²) in [5.41, 5.74) is 4.97. The number of anilines is 1. The van der Waals surface area contributed by atoms with Crippen LogP contribution in [0.2, 0.25) is 0 Å². The Morgan fingerprint density at radius 3 is 2.24 bits per heavy atom. The number of halogens is 1. The van der Waals surface area contributed by atoms with Gasteiger partial charge in [0.25, 0.3) is 0 Å². The number of rotatable bonds is 10. The van der Waals surface area contributed by atoms with E-state index in [0.29, 0.717) is 11.1 Å². The van der Waals surface area contributed by atoms with Gasteiger partial charge in [0.1, 0.15) is 17.9 Å². The molecule has 11 heteroatoms. The van der Waals surface area contributed by atoms with Crippen LogP contribution >= 0.6 is 0 Å². The molecule has 2 aromatic rings. The lowest BCUT2D eigenvalue weighted by Gasteiger charge is -2.21. The molecule has 0 aliphatic rings.